The molecule has 0 unspecified atom stereocenters. The number of fused-ring (bicyclic) bond motifs is 1. The van der Waals surface area contributed by atoms with Gasteiger partial charge in [-0.1, -0.05) is 54.7 Å². The molecule has 0 spiro atoms. The van der Waals surface area contributed by atoms with Crippen molar-refractivity contribution in [2.24, 2.45) is 0 Å². The van der Waals surface area contributed by atoms with E-state index in [1.807, 2.05) is 23.5 Å². The maximum Gasteiger partial charge on any atom is 0.0258 e. The first-order valence-electron chi connectivity index (χ1n) is 5.47. The fourth-order valence-corrected chi connectivity index (χ4v) is 3.53. The Labute approximate surface area is 106 Å². The summed E-state index contributed by atoms with van der Waals surface area (Å²) in [5.41, 5.74) is 0. The average molecular weight is 247 g/mol. The lowest BCUT2D eigenvalue weighted by molar-refractivity contribution is 1.04. The first-order chi connectivity index (χ1) is 7.90. The molecule has 83 valence electrons. The Balaban J connectivity index is 1.93. The Hall–Kier alpha value is -0.600. The molecule has 0 nitrogen and oxygen atoms in total. The number of allylic oxidation sites excluding steroid dienone is 3. The van der Waals surface area contributed by atoms with Crippen LogP contribution in [0, 0.1) is 6.92 Å². The first kappa shape index (κ1) is 11.9. The summed E-state index contributed by atoms with van der Waals surface area (Å²) in [6, 6.07) is 8.58. The summed E-state index contributed by atoms with van der Waals surface area (Å²) in [5, 5.41) is 2.27. The molecule has 1 aliphatic rings. The zero-order chi connectivity index (χ0) is 11.2. The average Bonchev–Trinajstić information content (AvgIpc) is 2.34. The van der Waals surface area contributed by atoms with Gasteiger partial charge in [0.15, 0.2) is 0 Å². The van der Waals surface area contributed by atoms with Crippen LogP contribution in [0.25, 0.3) is 0 Å². The largest absolute Gasteiger partial charge is 0.0960 e. The zero-order valence-electron chi connectivity index (χ0n) is 9.19. The van der Waals surface area contributed by atoms with Gasteiger partial charge in [-0.15, -0.1) is 0 Å². The Bertz CT molecular complexity index is 405. The van der Waals surface area contributed by atoms with Gasteiger partial charge in [-0.3, -0.25) is 0 Å². The number of benzene rings is 1. The van der Waals surface area contributed by atoms with Gasteiger partial charge in [-0.05, 0) is 36.8 Å². The van der Waals surface area contributed by atoms with Gasteiger partial charge >= 0.3 is 0 Å². The SMILES string of the molecule is [CH2]CCC=CCC1=CSc2ccccc2S1. The van der Waals surface area contributed by atoms with Crippen LogP contribution in [0.5, 0.6) is 0 Å². The van der Waals surface area contributed by atoms with E-state index in [-0.39, 0.29) is 0 Å². The lowest BCUT2D eigenvalue weighted by Gasteiger charge is -2.14. The highest BCUT2D eigenvalue weighted by Crippen LogP contribution is 2.43. The quantitative estimate of drug-likeness (QED) is 0.663. The van der Waals surface area contributed by atoms with Crippen LogP contribution in [0.2, 0.25) is 0 Å². The molecule has 0 bridgehead atoms. The smallest absolute Gasteiger partial charge is 0.0258 e. The van der Waals surface area contributed by atoms with Crippen molar-refractivity contribution < 1.29 is 0 Å². The summed E-state index contributed by atoms with van der Waals surface area (Å²) >= 11 is 3.72. The molecule has 2 rings (SSSR count). The summed E-state index contributed by atoms with van der Waals surface area (Å²) in [6.07, 6.45) is 7.59. The lowest BCUT2D eigenvalue weighted by atomic mass is 10.3. The summed E-state index contributed by atoms with van der Waals surface area (Å²) in [5.74, 6) is 0. The second-order valence-electron chi connectivity index (χ2n) is 3.57. The normalized spacial score (nSPS) is 14.9. The molecule has 1 aliphatic heterocycles. The van der Waals surface area contributed by atoms with Crippen LogP contribution >= 0.6 is 23.5 Å². The first-order valence-corrected chi connectivity index (χ1v) is 7.16. The number of thioether (sulfide) groups is 2. The van der Waals surface area contributed by atoms with Crippen LogP contribution < -0.4 is 0 Å². The topological polar surface area (TPSA) is 0 Å². The Morgan fingerprint density at radius 3 is 2.75 bits per heavy atom. The molecule has 0 saturated heterocycles. The summed E-state index contributed by atoms with van der Waals surface area (Å²) in [6.45, 7) is 3.82. The molecule has 1 heterocycles. The molecule has 0 fully saturated rings. The van der Waals surface area contributed by atoms with Crippen molar-refractivity contribution in [1.82, 2.24) is 0 Å². The Morgan fingerprint density at radius 1 is 1.12 bits per heavy atom. The number of rotatable bonds is 4. The summed E-state index contributed by atoms with van der Waals surface area (Å²) < 4.78 is 0. The molecular weight excluding hydrogens is 232 g/mol. The van der Waals surface area contributed by atoms with E-state index in [4.69, 9.17) is 0 Å². The fraction of sp³-hybridized carbons (Fsp3) is 0.214. The molecule has 0 saturated carbocycles. The van der Waals surface area contributed by atoms with Crippen LogP contribution in [0.3, 0.4) is 0 Å². The summed E-state index contributed by atoms with van der Waals surface area (Å²) in [4.78, 5) is 4.19. The van der Waals surface area contributed by atoms with Crippen LogP contribution in [0.4, 0.5) is 0 Å². The van der Waals surface area contributed by atoms with Gasteiger partial charge in [0, 0.05) is 14.7 Å². The highest BCUT2D eigenvalue weighted by molar-refractivity contribution is 8.08. The van der Waals surface area contributed by atoms with Gasteiger partial charge in [0.1, 0.15) is 0 Å². The Morgan fingerprint density at radius 2 is 1.94 bits per heavy atom. The number of unbranched alkanes of at least 4 members (excludes halogenated alkanes) is 1. The molecule has 2 heteroatoms. The second-order valence-corrected chi connectivity index (χ2v) is 5.65. The highest BCUT2D eigenvalue weighted by atomic mass is 32.2. The third-order valence-corrected chi connectivity index (χ3v) is 4.68. The minimum atomic E-state index is 0.986. The van der Waals surface area contributed by atoms with E-state index < -0.39 is 0 Å². The molecule has 1 radical (unpaired) electrons. The fourth-order valence-electron chi connectivity index (χ4n) is 1.45. The van der Waals surface area contributed by atoms with Crippen molar-refractivity contribution >= 4 is 23.5 Å². The maximum atomic E-state index is 3.82. The standard InChI is InChI=1S/C14H15S2/c1-2-3-4-5-8-12-11-15-13-9-6-7-10-14(13)16-12/h4-7,9-11H,1-3,8H2. The number of hydrogen-bond acceptors (Lipinski definition) is 2. The van der Waals surface area contributed by atoms with Crippen LogP contribution in [0.1, 0.15) is 19.3 Å². The van der Waals surface area contributed by atoms with Gasteiger partial charge in [-0.2, -0.15) is 0 Å². The van der Waals surface area contributed by atoms with Gasteiger partial charge in [-0.25, -0.2) is 0 Å². The molecule has 16 heavy (non-hydrogen) atoms. The van der Waals surface area contributed by atoms with E-state index in [9.17, 15) is 0 Å². The molecule has 0 atom stereocenters. The predicted octanol–water partition coefficient (Wildman–Crippen LogP) is 5.29. The van der Waals surface area contributed by atoms with Crippen molar-refractivity contribution in [3.63, 3.8) is 0 Å². The molecule has 0 amide bonds. The van der Waals surface area contributed by atoms with Crippen molar-refractivity contribution in [1.29, 1.82) is 0 Å². The van der Waals surface area contributed by atoms with Gasteiger partial charge < -0.3 is 0 Å². The van der Waals surface area contributed by atoms with Crippen molar-refractivity contribution in [3.05, 3.63) is 53.7 Å². The van der Waals surface area contributed by atoms with E-state index in [1.165, 1.54) is 14.7 Å². The maximum absolute atomic E-state index is 3.82. The monoisotopic (exact) mass is 247 g/mol. The van der Waals surface area contributed by atoms with Crippen molar-refractivity contribution in [2.45, 2.75) is 29.1 Å². The van der Waals surface area contributed by atoms with Gasteiger partial charge in [0.05, 0.1) is 0 Å². The molecule has 0 aliphatic carbocycles. The third-order valence-electron chi connectivity index (χ3n) is 2.26. The third kappa shape index (κ3) is 3.19. The Kier molecular flexibility index (Phi) is 4.61. The lowest BCUT2D eigenvalue weighted by Crippen LogP contribution is -1.84. The van der Waals surface area contributed by atoms with Crippen molar-refractivity contribution in [3.8, 4) is 0 Å². The predicted molar refractivity (Wildman–Crippen MR) is 74.6 cm³/mol. The number of hydrogen-bond donors (Lipinski definition) is 0. The molecule has 1 aromatic rings. The van der Waals surface area contributed by atoms with Crippen LogP contribution in [-0.2, 0) is 0 Å². The molecule has 1 aromatic carbocycles. The molecule has 0 aromatic heterocycles. The van der Waals surface area contributed by atoms with Gasteiger partial charge in [0.25, 0.3) is 0 Å². The van der Waals surface area contributed by atoms with E-state index in [1.54, 1.807) is 0 Å². The van der Waals surface area contributed by atoms with E-state index in [2.05, 4.69) is 48.7 Å². The van der Waals surface area contributed by atoms with E-state index in [0.717, 1.165) is 19.3 Å². The van der Waals surface area contributed by atoms with Gasteiger partial charge in [0.2, 0.25) is 0 Å². The summed E-state index contributed by atoms with van der Waals surface area (Å²) in [7, 11) is 0. The zero-order valence-corrected chi connectivity index (χ0v) is 10.8. The van der Waals surface area contributed by atoms with E-state index in [0.29, 0.717) is 0 Å². The van der Waals surface area contributed by atoms with Crippen molar-refractivity contribution in [2.75, 3.05) is 0 Å². The highest BCUT2D eigenvalue weighted by Gasteiger charge is 2.10. The van der Waals surface area contributed by atoms with Crippen LogP contribution in [0.15, 0.2) is 56.5 Å². The van der Waals surface area contributed by atoms with E-state index >= 15 is 0 Å². The van der Waals surface area contributed by atoms with Crippen LogP contribution in [-0.4, -0.2) is 0 Å². The second kappa shape index (κ2) is 6.21. The minimum absolute atomic E-state index is 0.986. The molecular formula is C14H15S2. The minimum Gasteiger partial charge on any atom is -0.0960 e. The molecule has 0 N–H and O–H groups in total.